The van der Waals surface area contributed by atoms with E-state index in [1.807, 2.05) is 13.8 Å². The SMILES string of the molecule is CCCOc1cc(N=Nc2ccc(Cl)cc2)c(Cl)cc1Cc1nc(Cc2cc(Cl)c(N=Nc3ccc(Cl)c(S(=O)(=O)O)c3)cc2OCCCS(=O)(=O)O)nc(NCCC(C)CO)n1.O=S(=O)=O.O=S(=O)=O. The molecule has 5 rings (SSSR count). The summed E-state index contributed by atoms with van der Waals surface area (Å²) in [6.07, 6.45) is 1.43. The minimum Gasteiger partial charge on any atom is -0.493 e. The molecule has 0 amide bonds. The molecule has 31 heteroatoms. The molecule has 23 nitrogen and oxygen atoms in total. The number of nitrogens with one attached hydrogen (secondary N) is 1. The number of aliphatic hydroxyl groups excluding tert-OH is 1. The van der Waals surface area contributed by atoms with Gasteiger partial charge in [-0.25, -0.2) is 4.98 Å². The predicted octanol–water partition coefficient (Wildman–Crippen LogP) is 8.61. The number of rotatable bonds is 22. The third-order valence-electron chi connectivity index (χ3n) is 8.75. The van der Waals surface area contributed by atoms with Crippen LogP contribution in [0.4, 0.5) is 28.7 Å². The molecule has 0 radical (unpaired) electrons. The second-order valence-electron chi connectivity index (χ2n) is 14.4. The monoisotopic (exact) mass is 1140 g/mol. The van der Waals surface area contributed by atoms with Gasteiger partial charge in [-0.1, -0.05) is 60.3 Å². The van der Waals surface area contributed by atoms with Gasteiger partial charge in [0.25, 0.3) is 20.2 Å². The highest BCUT2D eigenvalue weighted by Gasteiger charge is 2.19. The highest BCUT2D eigenvalue weighted by atomic mass is 35.5. The molecule has 384 valence electrons. The summed E-state index contributed by atoms with van der Waals surface area (Å²) in [7, 11) is -15.2. The van der Waals surface area contributed by atoms with Gasteiger partial charge < -0.3 is 19.9 Å². The second-order valence-corrected chi connectivity index (χ2v) is 19.8. The number of benzene rings is 4. The summed E-state index contributed by atoms with van der Waals surface area (Å²) in [5.74, 6) is 0.995. The summed E-state index contributed by atoms with van der Waals surface area (Å²) in [4.78, 5) is 13.6. The van der Waals surface area contributed by atoms with Gasteiger partial charge in [0.2, 0.25) is 5.95 Å². The fourth-order valence-corrected chi connectivity index (χ4v) is 7.60. The lowest BCUT2D eigenvalue weighted by Gasteiger charge is -2.15. The smallest absolute Gasteiger partial charge is 0.425 e. The summed E-state index contributed by atoms with van der Waals surface area (Å²) in [5, 5.41) is 30.4. The Labute approximate surface area is 430 Å². The second kappa shape index (κ2) is 29.3. The van der Waals surface area contributed by atoms with Crippen LogP contribution in [0, 0.1) is 5.92 Å². The average molecular weight is 1140 g/mol. The Morgan fingerprint density at radius 3 is 1.65 bits per heavy atom. The molecular weight excluding hydrogens is 1100 g/mol. The van der Waals surface area contributed by atoms with Crippen LogP contribution in [-0.4, -0.2) is 103 Å². The number of nitrogens with zero attached hydrogens (tertiary/aromatic N) is 7. The van der Waals surface area contributed by atoms with Gasteiger partial charge in [0.05, 0.1) is 45.4 Å². The topological polar surface area (TPSA) is 350 Å². The maximum Gasteiger partial charge on any atom is 0.425 e. The van der Waals surface area contributed by atoms with Crippen LogP contribution in [0.1, 0.15) is 55.9 Å². The molecule has 0 aliphatic carbocycles. The average Bonchev–Trinajstić information content (AvgIpc) is 3.27. The Morgan fingerprint density at radius 1 is 0.676 bits per heavy atom. The van der Waals surface area contributed by atoms with E-state index in [9.17, 15) is 31.0 Å². The molecule has 0 spiro atoms. The fraction of sp³-hybridized carbons (Fsp3) is 0.325. The number of halogens is 4. The van der Waals surface area contributed by atoms with E-state index in [0.29, 0.717) is 63.7 Å². The standard InChI is InChI=1S/C40H42Cl4N8O9S2.2O3S/c1-3-13-60-35-21-33(51-49-28-7-5-27(41)6-8-28)31(43)16-25(35)18-38-46-39(48-40(47-38)45-12-11-24(2)23-53)19-26-17-32(44)34(22-36(26)61-14-4-15-62(54,55)56)52-50-29-9-10-30(42)37(20-29)63(57,58)59;2*1-4(2)3/h5-10,16-17,20-22,24,53H,3-4,11-15,18-19,23H2,1-2H3,(H,54,55,56)(H,57,58,59)(H,45,46,47,48);;. The van der Waals surface area contributed by atoms with Crippen molar-refractivity contribution in [2.45, 2.75) is 50.8 Å². The van der Waals surface area contributed by atoms with Crippen molar-refractivity contribution in [1.82, 2.24) is 15.0 Å². The number of aliphatic hydroxyl groups is 1. The van der Waals surface area contributed by atoms with Crippen LogP contribution in [0.25, 0.3) is 0 Å². The van der Waals surface area contributed by atoms with Crippen LogP contribution in [0.15, 0.2) is 92.1 Å². The molecule has 0 bridgehead atoms. The summed E-state index contributed by atoms with van der Waals surface area (Å²) in [6.45, 7) is 4.57. The van der Waals surface area contributed by atoms with Crippen LogP contribution in [0.3, 0.4) is 0 Å². The zero-order valence-corrected chi connectivity index (χ0v) is 43.3. The lowest BCUT2D eigenvalue weighted by molar-refractivity contribution is 0.233. The minimum atomic E-state index is -4.66. The number of anilines is 1. The van der Waals surface area contributed by atoms with E-state index in [4.69, 9.17) is 91.1 Å². The Hall–Kier alpha value is -5.33. The first-order chi connectivity index (χ1) is 33.4. The van der Waals surface area contributed by atoms with Gasteiger partial charge >= 0.3 is 21.2 Å². The van der Waals surface area contributed by atoms with Gasteiger partial charge in [0.15, 0.2) is 0 Å². The van der Waals surface area contributed by atoms with Crippen molar-refractivity contribution < 1.29 is 65.8 Å². The number of hydrogen-bond acceptors (Lipinski definition) is 21. The molecule has 4 N–H and O–H groups in total. The predicted molar refractivity (Wildman–Crippen MR) is 260 cm³/mol. The molecule has 0 saturated heterocycles. The normalized spacial score (nSPS) is 11.8. The van der Waals surface area contributed by atoms with E-state index in [0.717, 1.165) is 12.5 Å². The summed E-state index contributed by atoms with van der Waals surface area (Å²) in [6, 6.07) is 16.8. The van der Waals surface area contributed by atoms with Gasteiger partial charge in [-0.3, -0.25) is 9.11 Å². The molecule has 1 aromatic heterocycles. The summed E-state index contributed by atoms with van der Waals surface area (Å²) >= 11 is 25.4. The van der Waals surface area contributed by atoms with Gasteiger partial charge in [0.1, 0.15) is 39.4 Å². The Balaban J connectivity index is 0.00000154. The molecule has 1 unspecified atom stereocenters. The summed E-state index contributed by atoms with van der Waals surface area (Å²) in [5.41, 5.74) is 2.16. The van der Waals surface area contributed by atoms with E-state index >= 15 is 0 Å². The van der Waals surface area contributed by atoms with Crippen LogP contribution in [0.2, 0.25) is 20.1 Å². The van der Waals surface area contributed by atoms with Crippen molar-refractivity contribution in [2.24, 2.45) is 26.4 Å². The molecule has 0 saturated carbocycles. The van der Waals surface area contributed by atoms with Crippen LogP contribution >= 0.6 is 46.4 Å². The van der Waals surface area contributed by atoms with Crippen molar-refractivity contribution in [2.75, 3.05) is 37.4 Å². The zero-order valence-electron chi connectivity index (χ0n) is 37.0. The Bertz CT molecular complexity index is 3120. The van der Waals surface area contributed by atoms with E-state index < -0.39 is 52.1 Å². The summed E-state index contributed by atoms with van der Waals surface area (Å²) < 4.78 is 128. The third-order valence-corrected chi connectivity index (χ3v) is 11.7. The van der Waals surface area contributed by atoms with E-state index in [1.165, 1.54) is 24.3 Å². The lowest BCUT2D eigenvalue weighted by atomic mass is 10.1. The molecule has 5 aromatic rings. The molecule has 0 aliphatic rings. The minimum absolute atomic E-state index is 0.000572. The lowest BCUT2D eigenvalue weighted by Crippen LogP contribution is -2.15. The highest BCUT2D eigenvalue weighted by molar-refractivity contribution is 7.86. The van der Waals surface area contributed by atoms with Gasteiger partial charge in [-0.05, 0) is 79.8 Å². The Kier molecular flexibility index (Phi) is 24.7. The van der Waals surface area contributed by atoms with Gasteiger partial charge in [-0.15, -0.1) is 35.5 Å². The molecule has 0 fully saturated rings. The van der Waals surface area contributed by atoms with Crippen molar-refractivity contribution in [3.63, 3.8) is 0 Å². The molecule has 4 aromatic carbocycles. The number of ether oxygens (including phenoxy) is 2. The Morgan fingerprint density at radius 2 is 1.17 bits per heavy atom. The molecular formula is C40H42Cl4N8O15S4. The highest BCUT2D eigenvalue weighted by Crippen LogP contribution is 2.38. The van der Waals surface area contributed by atoms with Crippen LogP contribution < -0.4 is 14.8 Å². The number of aromatic nitrogens is 3. The first kappa shape index (κ1) is 60.0. The molecule has 71 heavy (non-hydrogen) atoms. The van der Waals surface area contributed by atoms with Crippen LogP contribution in [-0.2, 0) is 54.3 Å². The molecule has 1 atom stereocenters. The maximum atomic E-state index is 11.8. The van der Waals surface area contributed by atoms with Crippen molar-refractivity contribution in [3.05, 3.63) is 110 Å². The first-order valence-corrected chi connectivity index (χ1v) is 26.8. The maximum absolute atomic E-state index is 11.8. The van der Waals surface area contributed by atoms with E-state index in [-0.39, 0.29) is 77.3 Å². The first-order valence-electron chi connectivity index (χ1n) is 20.2. The molecule has 1 heterocycles. The quantitative estimate of drug-likeness (QED) is 0.0286. The van der Waals surface area contributed by atoms with Crippen LogP contribution in [0.5, 0.6) is 11.5 Å². The van der Waals surface area contributed by atoms with Crippen molar-refractivity contribution >= 4 is 117 Å². The van der Waals surface area contributed by atoms with E-state index in [1.54, 1.807) is 36.4 Å². The number of hydrogen-bond donors (Lipinski definition) is 4. The fourth-order valence-electron chi connectivity index (χ4n) is 5.55. The van der Waals surface area contributed by atoms with Crippen molar-refractivity contribution in [1.29, 1.82) is 0 Å². The molecule has 0 aliphatic heterocycles. The van der Waals surface area contributed by atoms with Crippen molar-refractivity contribution in [3.8, 4) is 11.5 Å². The number of azo groups is 2. The third kappa shape index (κ3) is 22.7. The van der Waals surface area contributed by atoms with Gasteiger partial charge in [0, 0.05) is 54.3 Å². The largest absolute Gasteiger partial charge is 0.493 e. The van der Waals surface area contributed by atoms with Gasteiger partial charge in [-0.2, -0.15) is 37.0 Å². The zero-order chi connectivity index (χ0) is 52.9. The van der Waals surface area contributed by atoms with E-state index in [2.05, 4.69) is 30.8 Å².